The van der Waals surface area contributed by atoms with Crippen molar-refractivity contribution in [3.8, 4) is 0 Å². The van der Waals surface area contributed by atoms with Crippen LogP contribution in [-0.4, -0.2) is 10.3 Å². The smallest absolute Gasteiger partial charge is 0.142 e. The van der Waals surface area contributed by atoms with Crippen molar-refractivity contribution in [2.45, 2.75) is 37.0 Å². The Hall–Kier alpha value is -0.680. The molecular weight excluding hydrogens is 317 g/mol. The van der Waals surface area contributed by atoms with E-state index >= 15 is 0 Å². The largest absolute Gasteiger partial charge is 0.391 e. The van der Waals surface area contributed by atoms with Crippen molar-refractivity contribution in [2.75, 3.05) is 0 Å². The molecule has 0 atom stereocenters. The van der Waals surface area contributed by atoms with Crippen LogP contribution in [-0.2, 0) is 18.8 Å². The predicted molar refractivity (Wildman–Crippen MR) is 82.4 cm³/mol. The predicted octanol–water partition coefficient (Wildman–Crippen LogP) is 4.72. The number of halogens is 2. The van der Waals surface area contributed by atoms with Crippen molar-refractivity contribution in [3.05, 3.63) is 45.3 Å². The van der Waals surface area contributed by atoms with E-state index in [4.69, 9.17) is 27.7 Å². The van der Waals surface area contributed by atoms with Gasteiger partial charge in [0.2, 0.25) is 0 Å². The molecule has 6 heteroatoms. The molecule has 0 radical (unpaired) electrons. The standard InChI is InChI=1S/C14H15Cl2NO2S/c1-2-4-13-9(7-18)12(17-19-13)8-20-14-10(15)5-3-6-11(14)16/h3,5-6,18H,2,4,7-8H2,1H3. The third kappa shape index (κ3) is 3.50. The fraction of sp³-hybridized carbons (Fsp3) is 0.357. The first kappa shape index (κ1) is 15.7. The topological polar surface area (TPSA) is 46.3 Å². The molecule has 0 aliphatic rings. The number of hydrogen-bond acceptors (Lipinski definition) is 4. The summed E-state index contributed by atoms with van der Waals surface area (Å²) in [6.07, 6.45) is 1.73. The lowest BCUT2D eigenvalue weighted by Gasteiger charge is -2.05. The Labute approximate surface area is 132 Å². The number of rotatable bonds is 6. The Morgan fingerprint density at radius 2 is 2.00 bits per heavy atom. The van der Waals surface area contributed by atoms with E-state index in [-0.39, 0.29) is 6.61 Å². The van der Waals surface area contributed by atoms with Crippen LogP contribution in [0.15, 0.2) is 27.6 Å². The van der Waals surface area contributed by atoms with Crippen LogP contribution in [0.4, 0.5) is 0 Å². The number of nitrogens with zero attached hydrogens (tertiary/aromatic N) is 1. The monoisotopic (exact) mass is 331 g/mol. The summed E-state index contributed by atoms with van der Waals surface area (Å²) in [7, 11) is 0. The van der Waals surface area contributed by atoms with E-state index in [1.54, 1.807) is 12.1 Å². The van der Waals surface area contributed by atoms with Crippen molar-refractivity contribution in [3.63, 3.8) is 0 Å². The zero-order valence-electron chi connectivity index (χ0n) is 11.0. The number of aliphatic hydroxyl groups is 1. The van der Waals surface area contributed by atoms with E-state index in [2.05, 4.69) is 12.1 Å². The molecule has 0 unspecified atom stereocenters. The minimum Gasteiger partial charge on any atom is -0.391 e. The molecule has 0 spiro atoms. The maximum Gasteiger partial charge on any atom is 0.142 e. The molecule has 0 aliphatic heterocycles. The lowest BCUT2D eigenvalue weighted by molar-refractivity contribution is 0.276. The van der Waals surface area contributed by atoms with Gasteiger partial charge in [0, 0.05) is 22.6 Å². The summed E-state index contributed by atoms with van der Waals surface area (Å²) in [5.41, 5.74) is 1.53. The fourth-order valence-electron chi connectivity index (χ4n) is 1.86. The van der Waals surface area contributed by atoms with Gasteiger partial charge in [-0.05, 0) is 18.6 Å². The third-order valence-corrected chi connectivity index (χ3v) is 4.86. The highest BCUT2D eigenvalue weighted by atomic mass is 35.5. The molecule has 108 valence electrons. The first-order valence-electron chi connectivity index (χ1n) is 6.31. The molecule has 20 heavy (non-hydrogen) atoms. The molecule has 0 aliphatic carbocycles. The second kappa shape index (κ2) is 7.36. The van der Waals surface area contributed by atoms with Crippen LogP contribution in [0.1, 0.15) is 30.4 Å². The summed E-state index contributed by atoms with van der Waals surface area (Å²) in [6, 6.07) is 5.41. The molecule has 0 bridgehead atoms. The molecule has 0 fully saturated rings. The molecule has 1 aromatic heterocycles. The number of benzene rings is 1. The SMILES string of the molecule is CCCc1onc(CSc2c(Cl)cccc2Cl)c1CO. The highest BCUT2D eigenvalue weighted by molar-refractivity contribution is 7.98. The Morgan fingerprint density at radius 1 is 1.30 bits per heavy atom. The molecule has 1 N–H and O–H groups in total. The van der Waals surface area contributed by atoms with Crippen molar-refractivity contribution < 1.29 is 9.63 Å². The Bertz CT molecular complexity index is 566. The number of hydrogen-bond donors (Lipinski definition) is 1. The van der Waals surface area contributed by atoms with Crippen molar-refractivity contribution in [2.24, 2.45) is 0 Å². The minimum atomic E-state index is -0.0645. The van der Waals surface area contributed by atoms with Crippen LogP contribution in [0.5, 0.6) is 0 Å². The molecule has 2 aromatic rings. The van der Waals surface area contributed by atoms with Gasteiger partial charge in [-0.1, -0.05) is 41.3 Å². The average Bonchev–Trinajstić information content (AvgIpc) is 2.81. The van der Waals surface area contributed by atoms with Gasteiger partial charge in [0.1, 0.15) is 5.76 Å². The zero-order valence-corrected chi connectivity index (χ0v) is 13.4. The molecular formula is C14H15Cl2NO2S. The van der Waals surface area contributed by atoms with E-state index in [1.807, 2.05) is 6.07 Å². The summed E-state index contributed by atoms with van der Waals surface area (Å²) in [5.74, 6) is 1.32. The first-order valence-corrected chi connectivity index (χ1v) is 8.05. The van der Waals surface area contributed by atoms with E-state index in [0.717, 1.165) is 34.8 Å². The van der Waals surface area contributed by atoms with Crippen LogP contribution < -0.4 is 0 Å². The number of thioether (sulfide) groups is 1. The third-order valence-electron chi connectivity index (χ3n) is 2.86. The van der Waals surface area contributed by atoms with E-state index in [1.165, 1.54) is 11.8 Å². The zero-order chi connectivity index (χ0) is 14.5. The van der Waals surface area contributed by atoms with Crippen LogP contribution in [0.25, 0.3) is 0 Å². The van der Waals surface area contributed by atoms with Crippen LogP contribution in [0, 0.1) is 0 Å². The van der Waals surface area contributed by atoms with E-state index in [0.29, 0.717) is 15.8 Å². The minimum absolute atomic E-state index is 0.0645. The molecule has 1 aromatic carbocycles. The van der Waals surface area contributed by atoms with Gasteiger partial charge >= 0.3 is 0 Å². The number of aryl methyl sites for hydroxylation is 1. The molecule has 1 heterocycles. The highest BCUT2D eigenvalue weighted by Gasteiger charge is 2.16. The number of aliphatic hydroxyl groups excluding tert-OH is 1. The molecule has 2 rings (SSSR count). The van der Waals surface area contributed by atoms with Crippen LogP contribution >= 0.6 is 35.0 Å². The van der Waals surface area contributed by atoms with E-state index in [9.17, 15) is 5.11 Å². The van der Waals surface area contributed by atoms with Crippen LogP contribution in [0.3, 0.4) is 0 Å². The van der Waals surface area contributed by atoms with E-state index < -0.39 is 0 Å². The van der Waals surface area contributed by atoms with Gasteiger partial charge in [-0.2, -0.15) is 0 Å². The second-order valence-electron chi connectivity index (χ2n) is 4.28. The summed E-state index contributed by atoms with van der Waals surface area (Å²) < 4.78 is 5.29. The van der Waals surface area contributed by atoms with Gasteiger partial charge in [0.25, 0.3) is 0 Å². The summed E-state index contributed by atoms with van der Waals surface area (Å²) >= 11 is 13.7. The molecule has 0 amide bonds. The summed E-state index contributed by atoms with van der Waals surface area (Å²) in [6.45, 7) is 1.99. The van der Waals surface area contributed by atoms with Gasteiger partial charge in [-0.25, -0.2) is 0 Å². The maximum absolute atomic E-state index is 9.46. The quantitative estimate of drug-likeness (QED) is 0.778. The second-order valence-corrected chi connectivity index (χ2v) is 6.08. The summed E-state index contributed by atoms with van der Waals surface area (Å²) in [4.78, 5) is 0.819. The Kier molecular flexibility index (Phi) is 5.78. The van der Waals surface area contributed by atoms with Crippen LogP contribution in [0.2, 0.25) is 10.0 Å². The van der Waals surface area contributed by atoms with Gasteiger partial charge in [0.05, 0.1) is 22.3 Å². The Morgan fingerprint density at radius 3 is 2.60 bits per heavy atom. The van der Waals surface area contributed by atoms with Crippen molar-refractivity contribution in [1.29, 1.82) is 0 Å². The van der Waals surface area contributed by atoms with Crippen molar-refractivity contribution >= 4 is 35.0 Å². The molecule has 3 nitrogen and oxygen atoms in total. The maximum atomic E-state index is 9.46. The van der Waals surface area contributed by atoms with Gasteiger partial charge in [-0.15, -0.1) is 11.8 Å². The number of aromatic nitrogens is 1. The highest BCUT2D eigenvalue weighted by Crippen LogP contribution is 2.36. The van der Waals surface area contributed by atoms with Crippen molar-refractivity contribution in [1.82, 2.24) is 5.16 Å². The normalized spacial score (nSPS) is 11.0. The van der Waals surface area contributed by atoms with Gasteiger partial charge in [0.15, 0.2) is 0 Å². The fourth-order valence-corrected chi connectivity index (χ4v) is 3.50. The van der Waals surface area contributed by atoms with Gasteiger partial charge in [-0.3, -0.25) is 0 Å². The molecule has 0 saturated carbocycles. The summed E-state index contributed by atoms with van der Waals surface area (Å²) in [5, 5.41) is 14.7. The first-order chi connectivity index (χ1) is 9.67. The lowest BCUT2D eigenvalue weighted by atomic mass is 10.1. The Balaban J connectivity index is 2.15. The van der Waals surface area contributed by atoms with Gasteiger partial charge < -0.3 is 9.63 Å². The lowest BCUT2D eigenvalue weighted by Crippen LogP contribution is -1.94. The molecule has 0 saturated heterocycles. The average molecular weight is 332 g/mol.